The summed E-state index contributed by atoms with van der Waals surface area (Å²) in [5.41, 5.74) is 0.416. The van der Waals surface area contributed by atoms with Crippen molar-refractivity contribution in [3.63, 3.8) is 0 Å². The average Bonchev–Trinajstić information content (AvgIpc) is 2.81. The van der Waals surface area contributed by atoms with Gasteiger partial charge in [-0.1, -0.05) is 20.8 Å². The van der Waals surface area contributed by atoms with Crippen LogP contribution in [-0.2, 0) is 11.3 Å². The second kappa shape index (κ2) is 6.54. The highest BCUT2D eigenvalue weighted by atomic mass is 16.4. The predicted octanol–water partition coefficient (Wildman–Crippen LogP) is 1.91. The SMILES string of the molecule is CCn1cc(C(=O)NC(CCC(C)(C)C)C(=O)O)cn1. The van der Waals surface area contributed by atoms with E-state index in [4.69, 9.17) is 0 Å². The fraction of sp³-hybridized carbons (Fsp3) is 0.643. The molecule has 0 spiro atoms. The molecule has 6 heteroatoms. The van der Waals surface area contributed by atoms with E-state index in [2.05, 4.69) is 10.4 Å². The van der Waals surface area contributed by atoms with Gasteiger partial charge in [0.15, 0.2) is 0 Å². The van der Waals surface area contributed by atoms with Crippen molar-refractivity contribution in [2.75, 3.05) is 0 Å². The lowest BCUT2D eigenvalue weighted by Gasteiger charge is -2.21. The highest BCUT2D eigenvalue weighted by Crippen LogP contribution is 2.21. The molecule has 0 saturated carbocycles. The number of nitrogens with one attached hydrogen (secondary N) is 1. The van der Waals surface area contributed by atoms with Crippen molar-refractivity contribution < 1.29 is 14.7 Å². The Labute approximate surface area is 119 Å². The number of carboxylic acids is 1. The number of carbonyl (C=O) groups is 2. The van der Waals surface area contributed by atoms with Crippen LogP contribution in [0.5, 0.6) is 0 Å². The third-order valence-electron chi connectivity index (χ3n) is 3.01. The van der Waals surface area contributed by atoms with Crippen molar-refractivity contribution in [2.24, 2.45) is 5.41 Å². The number of aryl methyl sites for hydroxylation is 1. The fourth-order valence-electron chi connectivity index (χ4n) is 1.73. The maximum absolute atomic E-state index is 12.0. The van der Waals surface area contributed by atoms with Gasteiger partial charge in [0.25, 0.3) is 5.91 Å². The molecule has 1 aromatic heterocycles. The molecule has 1 aromatic rings. The molecule has 1 rings (SSSR count). The molecule has 0 aliphatic heterocycles. The number of amides is 1. The molecule has 0 aliphatic carbocycles. The predicted molar refractivity (Wildman–Crippen MR) is 75.5 cm³/mol. The summed E-state index contributed by atoms with van der Waals surface area (Å²) in [5.74, 6) is -1.41. The van der Waals surface area contributed by atoms with Crippen LogP contribution in [0.2, 0.25) is 0 Å². The first kappa shape index (κ1) is 16.2. The second-order valence-corrected chi connectivity index (χ2v) is 6.05. The van der Waals surface area contributed by atoms with E-state index in [0.717, 1.165) is 6.42 Å². The molecule has 1 heterocycles. The van der Waals surface area contributed by atoms with Crippen molar-refractivity contribution in [1.29, 1.82) is 0 Å². The zero-order chi connectivity index (χ0) is 15.3. The summed E-state index contributed by atoms with van der Waals surface area (Å²) >= 11 is 0. The van der Waals surface area contributed by atoms with Crippen LogP contribution in [0, 0.1) is 5.41 Å². The molecule has 0 fully saturated rings. The Bertz CT molecular complexity index is 474. The van der Waals surface area contributed by atoms with E-state index >= 15 is 0 Å². The number of rotatable bonds is 6. The molecule has 0 bridgehead atoms. The highest BCUT2D eigenvalue weighted by molar-refractivity contribution is 5.96. The molecule has 2 N–H and O–H groups in total. The van der Waals surface area contributed by atoms with Gasteiger partial charge in [-0.15, -0.1) is 0 Å². The Hall–Kier alpha value is -1.85. The standard InChI is InChI=1S/C14H23N3O3/c1-5-17-9-10(8-15-17)12(18)16-11(13(19)20)6-7-14(2,3)4/h8-9,11H,5-7H2,1-4H3,(H,16,18)(H,19,20). The van der Waals surface area contributed by atoms with Gasteiger partial charge in [0.2, 0.25) is 0 Å². The maximum Gasteiger partial charge on any atom is 0.326 e. The van der Waals surface area contributed by atoms with Crippen LogP contribution in [0.1, 0.15) is 50.9 Å². The quantitative estimate of drug-likeness (QED) is 0.834. The van der Waals surface area contributed by atoms with E-state index < -0.39 is 17.9 Å². The lowest BCUT2D eigenvalue weighted by molar-refractivity contribution is -0.139. The summed E-state index contributed by atoms with van der Waals surface area (Å²) in [7, 11) is 0. The number of carbonyl (C=O) groups excluding carboxylic acids is 1. The van der Waals surface area contributed by atoms with Gasteiger partial charge in [0.05, 0.1) is 11.8 Å². The molecule has 0 aromatic carbocycles. The van der Waals surface area contributed by atoms with E-state index in [0.29, 0.717) is 18.5 Å². The van der Waals surface area contributed by atoms with Crippen LogP contribution < -0.4 is 5.32 Å². The molecule has 1 amide bonds. The minimum atomic E-state index is -1.01. The largest absolute Gasteiger partial charge is 0.480 e. The molecular weight excluding hydrogens is 258 g/mol. The van der Waals surface area contributed by atoms with Crippen molar-refractivity contribution in [3.8, 4) is 0 Å². The number of hydrogen-bond donors (Lipinski definition) is 2. The molecule has 6 nitrogen and oxygen atoms in total. The summed E-state index contributed by atoms with van der Waals surface area (Å²) in [6, 6.07) is -0.869. The fourth-order valence-corrected chi connectivity index (χ4v) is 1.73. The number of hydrogen-bond acceptors (Lipinski definition) is 3. The maximum atomic E-state index is 12.0. The van der Waals surface area contributed by atoms with Gasteiger partial charge in [-0.3, -0.25) is 9.48 Å². The Morgan fingerprint density at radius 1 is 1.45 bits per heavy atom. The molecule has 1 atom stereocenters. The number of aromatic nitrogens is 2. The minimum absolute atomic E-state index is 0.0333. The summed E-state index contributed by atoms with van der Waals surface area (Å²) < 4.78 is 1.62. The van der Waals surface area contributed by atoms with Crippen LogP contribution >= 0.6 is 0 Å². The number of carboxylic acid groups (broad SMARTS) is 1. The molecule has 0 radical (unpaired) electrons. The third-order valence-corrected chi connectivity index (χ3v) is 3.01. The summed E-state index contributed by atoms with van der Waals surface area (Å²) in [6.45, 7) is 8.70. The summed E-state index contributed by atoms with van der Waals surface area (Å²) in [6.07, 6.45) is 4.18. The average molecular weight is 281 g/mol. The van der Waals surface area contributed by atoms with Gasteiger partial charge in [-0.05, 0) is 25.2 Å². The topological polar surface area (TPSA) is 84.2 Å². The first-order valence-electron chi connectivity index (χ1n) is 6.79. The van der Waals surface area contributed by atoms with Crippen LogP contribution in [0.3, 0.4) is 0 Å². The van der Waals surface area contributed by atoms with E-state index in [1.165, 1.54) is 6.20 Å². The van der Waals surface area contributed by atoms with Gasteiger partial charge in [0.1, 0.15) is 6.04 Å². The minimum Gasteiger partial charge on any atom is -0.480 e. The summed E-state index contributed by atoms with van der Waals surface area (Å²) in [5, 5.41) is 15.7. The zero-order valence-corrected chi connectivity index (χ0v) is 12.5. The molecule has 1 unspecified atom stereocenters. The monoisotopic (exact) mass is 281 g/mol. The van der Waals surface area contributed by atoms with Crippen LogP contribution in [-0.4, -0.2) is 32.8 Å². The van der Waals surface area contributed by atoms with Crippen LogP contribution in [0.4, 0.5) is 0 Å². The number of aliphatic carboxylic acids is 1. The zero-order valence-electron chi connectivity index (χ0n) is 12.5. The van der Waals surface area contributed by atoms with E-state index in [-0.39, 0.29) is 5.41 Å². The highest BCUT2D eigenvalue weighted by Gasteiger charge is 2.23. The Morgan fingerprint density at radius 2 is 2.10 bits per heavy atom. The lowest BCUT2D eigenvalue weighted by Crippen LogP contribution is -2.41. The number of nitrogens with zero attached hydrogens (tertiary/aromatic N) is 2. The third kappa shape index (κ3) is 5.03. The van der Waals surface area contributed by atoms with Crippen molar-refractivity contribution in [3.05, 3.63) is 18.0 Å². The van der Waals surface area contributed by atoms with Crippen LogP contribution in [0.25, 0.3) is 0 Å². The Kier molecular flexibility index (Phi) is 5.30. The van der Waals surface area contributed by atoms with Gasteiger partial charge < -0.3 is 10.4 Å². The van der Waals surface area contributed by atoms with Gasteiger partial charge in [-0.25, -0.2) is 4.79 Å². The van der Waals surface area contributed by atoms with Gasteiger partial charge >= 0.3 is 5.97 Å². The van der Waals surface area contributed by atoms with Crippen molar-refractivity contribution in [2.45, 2.75) is 53.1 Å². The van der Waals surface area contributed by atoms with Crippen LogP contribution in [0.15, 0.2) is 12.4 Å². The van der Waals surface area contributed by atoms with E-state index in [1.54, 1.807) is 10.9 Å². The van der Waals surface area contributed by atoms with Gasteiger partial charge in [-0.2, -0.15) is 5.10 Å². The lowest BCUT2D eigenvalue weighted by atomic mass is 9.88. The van der Waals surface area contributed by atoms with Crippen molar-refractivity contribution >= 4 is 11.9 Å². The van der Waals surface area contributed by atoms with E-state index in [9.17, 15) is 14.7 Å². The Morgan fingerprint density at radius 3 is 2.55 bits per heavy atom. The first-order chi connectivity index (χ1) is 9.23. The molecule has 20 heavy (non-hydrogen) atoms. The molecular formula is C14H23N3O3. The smallest absolute Gasteiger partial charge is 0.326 e. The second-order valence-electron chi connectivity index (χ2n) is 6.05. The normalized spacial score (nSPS) is 13.0. The molecule has 0 aliphatic rings. The van der Waals surface area contributed by atoms with E-state index in [1.807, 2.05) is 27.7 Å². The molecule has 0 saturated heterocycles. The van der Waals surface area contributed by atoms with Crippen molar-refractivity contribution in [1.82, 2.24) is 15.1 Å². The Balaban J connectivity index is 2.65. The summed E-state index contributed by atoms with van der Waals surface area (Å²) in [4.78, 5) is 23.2. The molecule has 112 valence electrons. The van der Waals surface area contributed by atoms with Gasteiger partial charge in [0, 0.05) is 12.7 Å². The first-order valence-corrected chi connectivity index (χ1v) is 6.79.